The number of carbonyl (C=O) groups excluding carboxylic acids is 4. The van der Waals surface area contributed by atoms with Gasteiger partial charge in [0.05, 0.1) is 30.1 Å². The fourth-order valence-corrected chi connectivity index (χ4v) is 2.68. The van der Waals surface area contributed by atoms with Crippen molar-refractivity contribution in [1.82, 2.24) is 10.6 Å². The van der Waals surface area contributed by atoms with E-state index in [4.69, 9.17) is 4.74 Å². The number of esters is 1. The highest BCUT2D eigenvalue weighted by Gasteiger charge is 2.11. The highest BCUT2D eigenvalue weighted by molar-refractivity contribution is 7.12. The highest BCUT2D eigenvalue weighted by Crippen LogP contribution is 2.11. The number of carbonyl (C=O) groups is 4. The molecule has 0 spiro atoms. The van der Waals surface area contributed by atoms with Gasteiger partial charge in [-0.15, -0.1) is 11.3 Å². The second-order valence-electron chi connectivity index (χ2n) is 5.29. The van der Waals surface area contributed by atoms with Crippen molar-refractivity contribution in [3.8, 4) is 0 Å². The maximum Gasteiger partial charge on any atom is 0.338 e. The first-order chi connectivity index (χ1) is 13.0. The Bertz CT molecular complexity index is 820. The summed E-state index contributed by atoms with van der Waals surface area (Å²) in [5, 5.41) is 9.21. The number of anilines is 1. The van der Waals surface area contributed by atoms with Crippen molar-refractivity contribution in [2.75, 3.05) is 25.0 Å². The van der Waals surface area contributed by atoms with Gasteiger partial charge in [0.25, 0.3) is 5.91 Å². The number of rotatable bonds is 8. The molecule has 1 aromatic carbocycles. The van der Waals surface area contributed by atoms with Gasteiger partial charge in [0.1, 0.15) is 0 Å². The summed E-state index contributed by atoms with van der Waals surface area (Å²) in [6.45, 7) is 1.46. The molecule has 0 aliphatic heterocycles. The number of ether oxygens (including phenoxy) is 1. The molecule has 0 saturated carbocycles. The molecule has 2 aromatic rings. The van der Waals surface area contributed by atoms with Crippen molar-refractivity contribution >= 4 is 40.7 Å². The third kappa shape index (κ3) is 6.55. The van der Waals surface area contributed by atoms with Crippen molar-refractivity contribution in [3.05, 3.63) is 52.2 Å². The monoisotopic (exact) mass is 389 g/mol. The lowest BCUT2D eigenvalue weighted by Gasteiger charge is -2.09. The molecule has 0 fully saturated rings. The molecule has 1 heterocycles. The molecule has 0 bridgehead atoms. The molecule has 3 amide bonds. The molecule has 0 atom stereocenters. The standard InChI is InChI=1S/C18H19N3O5S/c1-2-26-18(25)12-5-3-6-13(9-12)21-16(23)11-19-15(22)10-20-17(24)14-7-4-8-27-14/h3-9H,2,10-11H2,1H3,(H,19,22)(H,20,24)(H,21,23). The number of nitrogens with one attached hydrogen (secondary N) is 3. The fourth-order valence-electron chi connectivity index (χ4n) is 2.04. The first-order valence-corrected chi connectivity index (χ1v) is 9.03. The Morgan fingerprint density at radius 3 is 2.48 bits per heavy atom. The van der Waals surface area contributed by atoms with Crippen LogP contribution < -0.4 is 16.0 Å². The van der Waals surface area contributed by atoms with E-state index in [1.165, 1.54) is 17.4 Å². The minimum Gasteiger partial charge on any atom is -0.462 e. The maximum absolute atomic E-state index is 11.9. The van der Waals surface area contributed by atoms with E-state index in [-0.39, 0.29) is 25.6 Å². The normalized spacial score (nSPS) is 9.96. The zero-order valence-corrected chi connectivity index (χ0v) is 15.4. The van der Waals surface area contributed by atoms with Gasteiger partial charge in [-0.25, -0.2) is 4.79 Å². The molecule has 9 heteroatoms. The topological polar surface area (TPSA) is 114 Å². The van der Waals surface area contributed by atoms with E-state index in [2.05, 4.69) is 16.0 Å². The van der Waals surface area contributed by atoms with Crippen LogP contribution in [0.15, 0.2) is 41.8 Å². The van der Waals surface area contributed by atoms with Crippen LogP contribution in [0.4, 0.5) is 5.69 Å². The predicted molar refractivity (Wildman–Crippen MR) is 101 cm³/mol. The van der Waals surface area contributed by atoms with Crippen molar-refractivity contribution in [2.45, 2.75) is 6.92 Å². The summed E-state index contributed by atoms with van der Waals surface area (Å²) in [6, 6.07) is 9.67. The van der Waals surface area contributed by atoms with Gasteiger partial charge in [0, 0.05) is 5.69 Å². The van der Waals surface area contributed by atoms with E-state index in [1.807, 2.05) is 0 Å². The lowest BCUT2D eigenvalue weighted by Crippen LogP contribution is -2.40. The van der Waals surface area contributed by atoms with Crippen LogP contribution in [0, 0.1) is 0 Å². The van der Waals surface area contributed by atoms with E-state index in [0.717, 1.165) is 0 Å². The van der Waals surface area contributed by atoms with Crippen LogP contribution in [0.5, 0.6) is 0 Å². The molecular formula is C18H19N3O5S. The largest absolute Gasteiger partial charge is 0.462 e. The summed E-state index contributed by atoms with van der Waals surface area (Å²) < 4.78 is 4.90. The van der Waals surface area contributed by atoms with Crippen LogP contribution in [-0.4, -0.2) is 43.4 Å². The summed E-state index contributed by atoms with van der Waals surface area (Å²) in [7, 11) is 0. The lowest BCUT2D eigenvalue weighted by atomic mass is 10.2. The third-order valence-electron chi connectivity index (χ3n) is 3.26. The number of benzene rings is 1. The number of hydrogen-bond donors (Lipinski definition) is 3. The molecule has 2 rings (SSSR count). The van der Waals surface area contributed by atoms with E-state index >= 15 is 0 Å². The quantitative estimate of drug-likeness (QED) is 0.591. The number of amides is 3. The van der Waals surface area contributed by atoms with E-state index < -0.39 is 17.8 Å². The molecule has 27 heavy (non-hydrogen) atoms. The third-order valence-corrected chi connectivity index (χ3v) is 4.13. The Balaban J connectivity index is 1.75. The first kappa shape index (κ1) is 20.1. The Kier molecular flexibility index (Phi) is 7.50. The van der Waals surface area contributed by atoms with Gasteiger partial charge in [-0.3, -0.25) is 14.4 Å². The van der Waals surface area contributed by atoms with Crippen LogP contribution in [0.2, 0.25) is 0 Å². The molecule has 0 radical (unpaired) electrons. The van der Waals surface area contributed by atoms with Gasteiger partial charge in [-0.1, -0.05) is 12.1 Å². The van der Waals surface area contributed by atoms with Gasteiger partial charge in [0.2, 0.25) is 11.8 Å². The van der Waals surface area contributed by atoms with Gasteiger partial charge >= 0.3 is 5.97 Å². The van der Waals surface area contributed by atoms with Crippen LogP contribution in [0.3, 0.4) is 0 Å². The van der Waals surface area contributed by atoms with Crippen molar-refractivity contribution in [3.63, 3.8) is 0 Å². The summed E-state index contributed by atoms with van der Waals surface area (Å²) in [6.07, 6.45) is 0. The van der Waals surface area contributed by atoms with E-state index in [1.54, 1.807) is 42.6 Å². The summed E-state index contributed by atoms with van der Waals surface area (Å²) in [5.74, 6) is -1.78. The highest BCUT2D eigenvalue weighted by atomic mass is 32.1. The molecular weight excluding hydrogens is 370 g/mol. The molecule has 1 aromatic heterocycles. The van der Waals surface area contributed by atoms with Crippen molar-refractivity contribution < 1.29 is 23.9 Å². The number of hydrogen-bond acceptors (Lipinski definition) is 6. The maximum atomic E-state index is 11.9. The second-order valence-corrected chi connectivity index (χ2v) is 6.23. The zero-order chi connectivity index (χ0) is 19.6. The second kappa shape index (κ2) is 10.1. The molecule has 8 nitrogen and oxygen atoms in total. The van der Waals surface area contributed by atoms with E-state index in [0.29, 0.717) is 16.1 Å². The van der Waals surface area contributed by atoms with Crippen LogP contribution in [0.25, 0.3) is 0 Å². The smallest absolute Gasteiger partial charge is 0.338 e. The average Bonchev–Trinajstić information content (AvgIpc) is 3.19. The summed E-state index contributed by atoms with van der Waals surface area (Å²) in [4.78, 5) is 47.6. The predicted octanol–water partition coefficient (Wildman–Crippen LogP) is 1.41. The molecule has 0 unspecified atom stereocenters. The van der Waals surface area contributed by atoms with Crippen molar-refractivity contribution in [1.29, 1.82) is 0 Å². The van der Waals surface area contributed by atoms with Crippen molar-refractivity contribution in [2.24, 2.45) is 0 Å². The Labute approximate surface area is 159 Å². The van der Waals surface area contributed by atoms with Crippen LogP contribution in [-0.2, 0) is 14.3 Å². The SMILES string of the molecule is CCOC(=O)c1cccc(NC(=O)CNC(=O)CNC(=O)c2cccs2)c1. The summed E-state index contributed by atoms with van der Waals surface area (Å²) >= 11 is 1.27. The number of thiophene rings is 1. The Morgan fingerprint density at radius 1 is 1.00 bits per heavy atom. The summed E-state index contributed by atoms with van der Waals surface area (Å²) in [5.41, 5.74) is 0.723. The van der Waals surface area contributed by atoms with Gasteiger partial charge in [-0.05, 0) is 36.6 Å². The molecule has 0 aliphatic carbocycles. The van der Waals surface area contributed by atoms with Crippen LogP contribution >= 0.6 is 11.3 Å². The molecule has 142 valence electrons. The minimum atomic E-state index is -0.490. The fraction of sp³-hybridized carbons (Fsp3) is 0.222. The molecule has 0 aliphatic rings. The van der Waals surface area contributed by atoms with E-state index in [9.17, 15) is 19.2 Å². The lowest BCUT2D eigenvalue weighted by molar-refractivity contribution is -0.123. The molecule has 0 saturated heterocycles. The minimum absolute atomic E-state index is 0.234. The molecule has 3 N–H and O–H groups in total. The van der Waals surface area contributed by atoms with Crippen LogP contribution in [0.1, 0.15) is 27.0 Å². The van der Waals surface area contributed by atoms with Gasteiger partial charge in [0.15, 0.2) is 0 Å². The average molecular weight is 389 g/mol. The van der Waals surface area contributed by atoms with Gasteiger partial charge < -0.3 is 20.7 Å². The zero-order valence-electron chi connectivity index (χ0n) is 14.6. The Hall–Kier alpha value is -3.20. The van der Waals surface area contributed by atoms with Gasteiger partial charge in [-0.2, -0.15) is 0 Å². The Morgan fingerprint density at radius 2 is 1.78 bits per heavy atom. The first-order valence-electron chi connectivity index (χ1n) is 8.15.